The van der Waals surface area contributed by atoms with Crippen molar-refractivity contribution < 1.29 is 0 Å². The van der Waals surface area contributed by atoms with Gasteiger partial charge in [0.15, 0.2) is 0 Å². The number of rotatable bonds is 5. The molecule has 1 aromatic heterocycles. The predicted molar refractivity (Wildman–Crippen MR) is 81.5 cm³/mol. The lowest BCUT2D eigenvalue weighted by Crippen LogP contribution is -2.10. The molecule has 3 heteroatoms. The zero-order valence-electron chi connectivity index (χ0n) is 10.7. The molecule has 0 saturated heterocycles. The zero-order valence-corrected chi connectivity index (χ0v) is 13.1. The van der Waals surface area contributed by atoms with E-state index in [1.165, 1.54) is 50.5 Å². The Bertz CT molecular complexity index is 363. The monoisotopic (exact) mass is 329 g/mol. The highest BCUT2D eigenvalue weighted by molar-refractivity contribution is 9.09. The smallest absolute Gasteiger partial charge is 0.0621 e. The summed E-state index contributed by atoms with van der Waals surface area (Å²) in [4.78, 5) is 4.57. The van der Waals surface area contributed by atoms with Crippen molar-refractivity contribution in [1.82, 2.24) is 4.98 Å². The van der Waals surface area contributed by atoms with Crippen LogP contribution in [0.2, 0.25) is 5.02 Å². The van der Waals surface area contributed by atoms with Crippen molar-refractivity contribution in [2.24, 2.45) is 5.92 Å². The molecule has 18 heavy (non-hydrogen) atoms. The Morgan fingerprint density at radius 1 is 1.33 bits per heavy atom. The van der Waals surface area contributed by atoms with E-state index in [0.717, 1.165) is 17.4 Å². The fourth-order valence-electron chi connectivity index (χ4n) is 2.80. The molecule has 1 nitrogen and oxygen atoms in total. The van der Waals surface area contributed by atoms with Gasteiger partial charge in [0.05, 0.1) is 5.02 Å². The van der Waals surface area contributed by atoms with E-state index in [4.69, 9.17) is 11.6 Å². The maximum Gasteiger partial charge on any atom is 0.0621 e. The minimum Gasteiger partial charge on any atom is -0.263 e. The van der Waals surface area contributed by atoms with Gasteiger partial charge in [-0.2, -0.15) is 0 Å². The number of nitrogens with zero attached hydrogens (tertiary/aromatic N) is 1. The Labute approximate surface area is 123 Å². The van der Waals surface area contributed by atoms with Gasteiger partial charge in [0.2, 0.25) is 0 Å². The van der Waals surface area contributed by atoms with Gasteiger partial charge in [-0.25, -0.2) is 0 Å². The van der Waals surface area contributed by atoms with E-state index in [1.54, 1.807) is 6.20 Å². The minimum absolute atomic E-state index is 0.541. The number of hydrogen-bond acceptors (Lipinski definition) is 1. The Morgan fingerprint density at radius 2 is 2.11 bits per heavy atom. The molecule has 1 unspecified atom stereocenters. The van der Waals surface area contributed by atoms with Gasteiger partial charge in [0.1, 0.15) is 0 Å². The number of pyridine rings is 1. The largest absolute Gasteiger partial charge is 0.263 e. The Kier molecular flexibility index (Phi) is 5.97. The molecular formula is C15H21BrClN. The summed E-state index contributed by atoms with van der Waals surface area (Å²) >= 11 is 9.93. The second kappa shape index (κ2) is 7.49. The summed E-state index contributed by atoms with van der Waals surface area (Å²) in [5.41, 5.74) is 1.21. The van der Waals surface area contributed by atoms with Crippen LogP contribution in [0, 0.1) is 5.92 Å². The van der Waals surface area contributed by atoms with Crippen molar-refractivity contribution in [3.63, 3.8) is 0 Å². The lowest BCUT2D eigenvalue weighted by atomic mass is 9.85. The molecule has 100 valence electrons. The fraction of sp³-hybridized carbons (Fsp3) is 0.667. The maximum absolute atomic E-state index is 6.13. The molecule has 0 aliphatic heterocycles. The quantitative estimate of drug-likeness (QED) is 0.659. The van der Waals surface area contributed by atoms with E-state index in [2.05, 4.69) is 20.9 Å². The molecule has 0 N–H and O–H groups in total. The van der Waals surface area contributed by atoms with Gasteiger partial charge in [-0.3, -0.25) is 4.98 Å². The first kappa shape index (κ1) is 14.3. The Balaban J connectivity index is 1.74. The highest BCUT2D eigenvalue weighted by Crippen LogP contribution is 2.29. The van der Waals surface area contributed by atoms with Gasteiger partial charge in [-0.1, -0.05) is 59.6 Å². The molecule has 1 heterocycles. The van der Waals surface area contributed by atoms with Gasteiger partial charge in [-0.15, -0.1) is 0 Å². The summed E-state index contributed by atoms with van der Waals surface area (Å²) < 4.78 is 0. The van der Waals surface area contributed by atoms with Crippen LogP contribution in [0.4, 0.5) is 0 Å². The molecule has 1 aliphatic carbocycles. The highest BCUT2D eigenvalue weighted by atomic mass is 79.9. The molecule has 0 radical (unpaired) electrons. The van der Waals surface area contributed by atoms with Crippen molar-refractivity contribution in [2.75, 3.05) is 0 Å². The van der Waals surface area contributed by atoms with Gasteiger partial charge < -0.3 is 0 Å². The van der Waals surface area contributed by atoms with Crippen molar-refractivity contribution in [3.8, 4) is 0 Å². The summed E-state index contributed by atoms with van der Waals surface area (Å²) in [6.45, 7) is 0. The molecule has 0 amide bonds. The molecule has 0 spiro atoms. The van der Waals surface area contributed by atoms with E-state index in [0.29, 0.717) is 4.83 Å². The zero-order chi connectivity index (χ0) is 12.8. The predicted octanol–water partition coefficient (Wildman–Crippen LogP) is 5.40. The van der Waals surface area contributed by atoms with Gasteiger partial charge in [0, 0.05) is 17.2 Å². The minimum atomic E-state index is 0.541. The highest BCUT2D eigenvalue weighted by Gasteiger charge is 2.15. The number of aromatic nitrogens is 1. The standard InChI is InChI=1S/C15H21BrClN/c16-14(7-6-12-4-2-1-3-5-12)10-13-8-9-18-11-15(13)17/h8-9,11-12,14H,1-7,10H2. The molecule has 1 aromatic rings. The number of halogens is 2. The average Bonchev–Trinajstić information content (AvgIpc) is 2.40. The first-order valence-electron chi connectivity index (χ1n) is 6.98. The molecule has 2 rings (SSSR count). The van der Waals surface area contributed by atoms with E-state index in [1.807, 2.05) is 12.3 Å². The topological polar surface area (TPSA) is 12.9 Å². The lowest BCUT2D eigenvalue weighted by molar-refractivity contribution is 0.331. The average molecular weight is 331 g/mol. The summed E-state index contributed by atoms with van der Waals surface area (Å²) in [5.74, 6) is 0.965. The van der Waals surface area contributed by atoms with Crippen LogP contribution in [-0.4, -0.2) is 9.81 Å². The normalized spacial score (nSPS) is 18.8. The Hall–Kier alpha value is -0.0800. The third-order valence-electron chi connectivity index (χ3n) is 3.91. The third kappa shape index (κ3) is 4.55. The van der Waals surface area contributed by atoms with Crippen molar-refractivity contribution in [1.29, 1.82) is 0 Å². The molecule has 1 fully saturated rings. The van der Waals surface area contributed by atoms with Crippen LogP contribution in [0.3, 0.4) is 0 Å². The molecular weight excluding hydrogens is 310 g/mol. The van der Waals surface area contributed by atoms with Crippen LogP contribution in [0.5, 0.6) is 0 Å². The summed E-state index contributed by atoms with van der Waals surface area (Å²) in [6, 6.07) is 2.03. The van der Waals surface area contributed by atoms with E-state index in [-0.39, 0.29) is 0 Å². The van der Waals surface area contributed by atoms with Crippen LogP contribution in [0.15, 0.2) is 18.5 Å². The van der Waals surface area contributed by atoms with Crippen LogP contribution < -0.4 is 0 Å². The van der Waals surface area contributed by atoms with Crippen molar-refractivity contribution in [3.05, 3.63) is 29.0 Å². The first-order valence-corrected chi connectivity index (χ1v) is 8.27. The molecule has 1 saturated carbocycles. The summed E-state index contributed by atoms with van der Waals surface area (Å²) in [5, 5.41) is 0.791. The van der Waals surface area contributed by atoms with E-state index >= 15 is 0 Å². The van der Waals surface area contributed by atoms with Crippen LogP contribution in [0.25, 0.3) is 0 Å². The van der Waals surface area contributed by atoms with Crippen molar-refractivity contribution >= 4 is 27.5 Å². The molecule has 0 bridgehead atoms. The van der Waals surface area contributed by atoms with Crippen LogP contribution in [0.1, 0.15) is 50.5 Å². The molecule has 1 atom stereocenters. The summed E-state index contributed by atoms with van der Waals surface area (Å²) in [6.07, 6.45) is 14.4. The van der Waals surface area contributed by atoms with Gasteiger partial charge >= 0.3 is 0 Å². The fourth-order valence-corrected chi connectivity index (χ4v) is 3.61. The number of alkyl halides is 1. The number of hydrogen-bond donors (Lipinski definition) is 0. The Morgan fingerprint density at radius 3 is 2.83 bits per heavy atom. The van der Waals surface area contributed by atoms with E-state index < -0.39 is 0 Å². The van der Waals surface area contributed by atoms with Gasteiger partial charge in [-0.05, 0) is 36.8 Å². The maximum atomic E-state index is 6.13. The van der Waals surface area contributed by atoms with Gasteiger partial charge in [0.25, 0.3) is 0 Å². The van der Waals surface area contributed by atoms with Crippen LogP contribution in [-0.2, 0) is 6.42 Å². The third-order valence-corrected chi connectivity index (χ3v) is 5.03. The molecule has 0 aromatic carbocycles. The second-order valence-corrected chi connectivity index (χ2v) is 7.05. The first-order chi connectivity index (χ1) is 8.75. The second-order valence-electron chi connectivity index (χ2n) is 5.35. The summed E-state index contributed by atoms with van der Waals surface area (Å²) in [7, 11) is 0. The van der Waals surface area contributed by atoms with Crippen LogP contribution >= 0.6 is 27.5 Å². The van der Waals surface area contributed by atoms with E-state index in [9.17, 15) is 0 Å². The lowest BCUT2D eigenvalue weighted by Gasteiger charge is -2.22. The molecule has 1 aliphatic rings. The van der Waals surface area contributed by atoms with Crippen molar-refractivity contribution in [2.45, 2.75) is 56.2 Å². The SMILES string of the molecule is Clc1cnccc1CC(Br)CCC1CCCCC1.